The number of ether oxygens (including phenoxy) is 2. The number of esters is 1. The van der Waals surface area contributed by atoms with Gasteiger partial charge in [-0.15, -0.1) is 0 Å². The number of hydrogen-bond donors (Lipinski definition) is 1. The Morgan fingerprint density at radius 3 is 2.62 bits per heavy atom. The van der Waals surface area contributed by atoms with Crippen molar-refractivity contribution >= 4 is 5.97 Å². The summed E-state index contributed by atoms with van der Waals surface area (Å²) in [7, 11) is 0. The van der Waals surface area contributed by atoms with Gasteiger partial charge in [0.25, 0.3) is 0 Å². The summed E-state index contributed by atoms with van der Waals surface area (Å²) in [6.45, 7) is 8.13. The molecule has 2 atom stereocenters. The summed E-state index contributed by atoms with van der Waals surface area (Å²) in [5.41, 5.74) is 7.94. The molecule has 0 saturated carbocycles. The minimum absolute atomic E-state index is 0.0429. The van der Waals surface area contributed by atoms with E-state index < -0.39 is 6.10 Å². The summed E-state index contributed by atoms with van der Waals surface area (Å²) in [5, 5.41) is 0. The Labute approximate surface area is 127 Å². The Morgan fingerprint density at radius 1 is 1.33 bits per heavy atom. The molecule has 0 saturated heterocycles. The van der Waals surface area contributed by atoms with Gasteiger partial charge in [0.15, 0.2) is 6.10 Å². The molecule has 0 fully saturated rings. The van der Waals surface area contributed by atoms with Gasteiger partial charge in [-0.05, 0) is 44.7 Å². The fourth-order valence-corrected chi connectivity index (χ4v) is 2.25. The lowest BCUT2D eigenvalue weighted by atomic mass is 10.0. The number of para-hydroxylation sites is 1. The largest absolute Gasteiger partial charge is 0.478 e. The lowest BCUT2D eigenvalue weighted by Crippen LogP contribution is -2.30. The molecule has 0 bridgehead atoms. The van der Waals surface area contributed by atoms with Crippen molar-refractivity contribution in [2.45, 2.75) is 59.1 Å². The topological polar surface area (TPSA) is 61.5 Å². The van der Waals surface area contributed by atoms with Crippen molar-refractivity contribution in [1.82, 2.24) is 0 Å². The lowest BCUT2D eigenvalue weighted by Gasteiger charge is -2.21. The van der Waals surface area contributed by atoms with Crippen LogP contribution in [0.25, 0.3) is 0 Å². The van der Waals surface area contributed by atoms with Crippen LogP contribution < -0.4 is 10.5 Å². The van der Waals surface area contributed by atoms with Gasteiger partial charge in [-0.25, -0.2) is 4.79 Å². The highest BCUT2D eigenvalue weighted by molar-refractivity contribution is 5.75. The van der Waals surface area contributed by atoms with Crippen molar-refractivity contribution in [3.05, 3.63) is 29.3 Å². The summed E-state index contributed by atoms with van der Waals surface area (Å²) in [4.78, 5) is 12.0. The minimum atomic E-state index is -0.553. The first-order valence-electron chi connectivity index (χ1n) is 7.66. The third-order valence-electron chi connectivity index (χ3n) is 3.20. The van der Waals surface area contributed by atoms with Crippen LogP contribution in [-0.2, 0) is 16.0 Å². The first kappa shape index (κ1) is 17.5. The maximum absolute atomic E-state index is 12.0. The number of rotatable bonds is 8. The molecule has 118 valence electrons. The molecule has 0 aliphatic heterocycles. The fourth-order valence-electron chi connectivity index (χ4n) is 2.25. The molecule has 0 aliphatic carbocycles. The number of hydrogen-bond acceptors (Lipinski definition) is 4. The van der Waals surface area contributed by atoms with E-state index in [2.05, 4.69) is 0 Å². The van der Waals surface area contributed by atoms with Crippen molar-refractivity contribution in [1.29, 1.82) is 0 Å². The Hall–Kier alpha value is -1.55. The summed E-state index contributed by atoms with van der Waals surface area (Å²) in [6.07, 6.45) is 1.67. The van der Waals surface area contributed by atoms with E-state index in [0.29, 0.717) is 13.0 Å². The molecule has 2 unspecified atom stereocenters. The van der Waals surface area contributed by atoms with Crippen molar-refractivity contribution in [3.63, 3.8) is 0 Å². The molecule has 0 amide bonds. The maximum atomic E-state index is 12.0. The fraction of sp³-hybridized carbons (Fsp3) is 0.588. The van der Waals surface area contributed by atoms with Gasteiger partial charge in [-0.1, -0.05) is 31.5 Å². The number of carbonyl (C=O) groups is 1. The van der Waals surface area contributed by atoms with Crippen LogP contribution in [0.5, 0.6) is 5.75 Å². The molecule has 0 heterocycles. The first-order valence-corrected chi connectivity index (χ1v) is 7.66. The SMILES string of the molecule is CCCC(Oc1c(C)cccc1CC(C)N)C(=O)OCC. The summed E-state index contributed by atoms with van der Waals surface area (Å²) < 4.78 is 11.1. The quantitative estimate of drug-likeness (QED) is 0.748. The van der Waals surface area contributed by atoms with E-state index in [1.165, 1.54) is 0 Å². The van der Waals surface area contributed by atoms with Gasteiger partial charge in [-0.2, -0.15) is 0 Å². The molecular weight excluding hydrogens is 266 g/mol. The van der Waals surface area contributed by atoms with E-state index in [1.54, 1.807) is 6.92 Å². The predicted molar refractivity (Wildman–Crippen MR) is 84.5 cm³/mol. The Bertz CT molecular complexity index is 457. The Kier molecular flexibility index (Phi) is 7.23. The molecular formula is C17H27NO3. The van der Waals surface area contributed by atoms with Gasteiger partial charge in [-0.3, -0.25) is 0 Å². The molecule has 21 heavy (non-hydrogen) atoms. The smallest absolute Gasteiger partial charge is 0.347 e. The second-order valence-electron chi connectivity index (χ2n) is 5.39. The summed E-state index contributed by atoms with van der Waals surface area (Å²) in [6, 6.07) is 6.01. The second kappa shape index (κ2) is 8.67. The van der Waals surface area contributed by atoms with Crippen LogP contribution in [0.1, 0.15) is 44.7 Å². The maximum Gasteiger partial charge on any atom is 0.347 e. The number of aryl methyl sites for hydroxylation is 1. The van der Waals surface area contributed by atoms with E-state index in [-0.39, 0.29) is 12.0 Å². The van der Waals surface area contributed by atoms with Crippen LogP contribution in [0.2, 0.25) is 0 Å². The van der Waals surface area contributed by atoms with Gasteiger partial charge >= 0.3 is 5.97 Å². The molecule has 0 spiro atoms. The zero-order valence-electron chi connectivity index (χ0n) is 13.5. The van der Waals surface area contributed by atoms with Crippen molar-refractivity contribution < 1.29 is 14.3 Å². The first-order chi connectivity index (χ1) is 9.99. The van der Waals surface area contributed by atoms with Crippen LogP contribution in [0, 0.1) is 6.92 Å². The molecule has 0 aromatic heterocycles. The molecule has 1 aromatic carbocycles. The molecule has 0 radical (unpaired) electrons. The predicted octanol–water partition coefficient (Wildman–Crippen LogP) is 3.00. The van der Waals surface area contributed by atoms with E-state index in [4.69, 9.17) is 15.2 Å². The van der Waals surface area contributed by atoms with Crippen molar-refractivity contribution in [2.75, 3.05) is 6.61 Å². The van der Waals surface area contributed by atoms with E-state index in [0.717, 1.165) is 29.7 Å². The summed E-state index contributed by atoms with van der Waals surface area (Å²) >= 11 is 0. The average Bonchev–Trinajstić information content (AvgIpc) is 2.41. The summed E-state index contributed by atoms with van der Waals surface area (Å²) in [5.74, 6) is 0.468. The second-order valence-corrected chi connectivity index (χ2v) is 5.39. The van der Waals surface area contributed by atoms with E-state index >= 15 is 0 Å². The third-order valence-corrected chi connectivity index (χ3v) is 3.20. The zero-order valence-corrected chi connectivity index (χ0v) is 13.5. The van der Waals surface area contributed by atoms with Crippen LogP contribution in [-0.4, -0.2) is 24.7 Å². The normalized spacial score (nSPS) is 13.6. The lowest BCUT2D eigenvalue weighted by molar-refractivity contribution is -0.151. The Morgan fingerprint density at radius 2 is 2.05 bits per heavy atom. The molecule has 4 nitrogen and oxygen atoms in total. The van der Waals surface area contributed by atoms with Gasteiger partial charge in [0.05, 0.1) is 6.61 Å². The highest BCUT2D eigenvalue weighted by Gasteiger charge is 2.23. The van der Waals surface area contributed by atoms with Crippen LogP contribution in [0.15, 0.2) is 18.2 Å². The standard InChI is InChI=1S/C17H27NO3/c1-5-8-15(17(19)20-6-2)21-16-12(3)9-7-10-14(16)11-13(4)18/h7,9-10,13,15H,5-6,8,11,18H2,1-4H3. The molecule has 4 heteroatoms. The molecule has 2 N–H and O–H groups in total. The number of carbonyl (C=O) groups excluding carboxylic acids is 1. The van der Waals surface area contributed by atoms with Crippen molar-refractivity contribution in [3.8, 4) is 5.75 Å². The number of nitrogens with two attached hydrogens (primary N) is 1. The van der Waals surface area contributed by atoms with Crippen molar-refractivity contribution in [2.24, 2.45) is 5.73 Å². The van der Waals surface area contributed by atoms with Gasteiger partial charge in [0.2, 0.25) is 0 Å². The number of benzene rings is 1. The monoisotopic (exact) mass is 293 g/mol. The van der Waals surface area contributed by atoms with Gasteiger partial charge in [0.1, 0.15) is 5.75 Å². The van der Waals surface area contributed by atoms with Crippen LogP contribution in [0.3, 0.4) is 0 Å². The molecule has 1 rings (SSSR count). The Balaban J connectivity index is 2.99. The average molecular weight is 293 g/mol. The molecule has 0 aliphatic rings. The van der Waals surface area contributed by atoms with E-state index in [9.17, 15) is 4.79 Å². The third kappa shape index (κ3) is 5.38. The zero-order chi connectivity index (χ0) is 15.8. The highest BCUT2D eigenvalue weighted by Crippen LogP contribution is 2.26. The van der Waals surface area contributed by atoms with Crippen LogP contribution >= 0.6 is 0 Å². The van der Waals surface area contributed by atoms with Gasteiger partial charge in [0, 0.05) is 6.04 Å². The van der Waals surface area contributed by atoms with E-state index in [1.807, 2.05) is 39.0 Å². The van der Waals surface area contributed by atoms with Crippen LogP contribution in [0.4, 0.5) is 0 Å². The molecule has 1 aromatic rings. The minimum Gasteiger partial charge on any atom is -0.478 e. The van der Waals surface area contributed by atoms with Gasteiger partial charge < -0.3 is 15.2 Å². The highest BCUT2D eigenvalue weighted by atomic mass is 16.6.